The lowest BCUT2D eigenvalue weighted by Crippen LogP contribution is -2.38. The monoisotopic (exact) mass is 533 g/mol. The van der Waals surface area contributed by atoms with Crippen LogP contribution in [0.1, 0.15) is 42.4 Å². The van der Waals surface area contributed by atoms with Gasteiger partial charge < -0.3 is 20.1 Å². The summed E-state index contributed by atoms with van der Waals surface area (Å²) < 4.78 is 31.4. The molecule has 2 N–H and O–H groups in total. The molecular weight excluding hydrogens is 500 g/mol. The summed E-state index contributed by atoms with van der Waals surface area (Å²) in [6, 6.07) is 8.89. The maximum Gasteiger partial charge on any atom is 0.229 e. The molecule has 39 heavy (non-hydrogen) atoms. The number of aryl methyl sites for hydroxylation is 1. The predicted octanol–water partition coefficient (Wildman–Crippen LogP) is 5.13. The van der Waals surface area contributed by atoms with Gasteiger partial charge >= 0.3 is 0 Å². The molecule has 1 aromatic carbocycles. The number of fused-ring (bicyclic) bond motifs is 3. The summed E-state index contributed by atoms with van der Waals surface area (Å²) in [6.45, 7) is 9.75. The molecule has 2 saturated heterocycles. The van der Waals surface area contributed by atoms with Gasteiger partial charge in [-0.25, -0.2) is 23.7 Å². The molecule has 0 amide bonds. The molecule has 204 valence electrons. The minimum atomic E-state index is -0.664. The van der Waals surface area contributed by atoms with Gasteiger partial charge in [0.25, 0.3) is 0 Å². The predicted molar refractivity (Wildman–Crippen MR) is 148 cm³/mol. The molecule has 2 bridgehead atoms. The van der Waals surface area contributed by atoms with Crippen molar-refractivity contribution in [1.82, 2.24) is 29.7 Å². The van der Waals surface area contributed by atoms with Gasteiger partial charge in [0, 0.05) is 53.6 Å². The maximum absolute atomic E-state index is 14.8. The third-order valence-electron chi connectivity index (χ3n) is 7.21. The number of nitrogens with zero attached hydrogens (tertiary/aromatic N) is 5. The topological polar surface area (TPSA) is 88.0 Å². The minimum Gasteiger partial charge on any atom is -0.342 e. The first kappa shape index (κ1) is 26.8. The highest BCUT2D eigenvalue weighted by atomic mass is 19.1. The molecule has 2 aliphatic heterocycles. The number of hydrogen-bond acceptors (Lipinski definition) is 7. The average molecular weight is 534 g/mol. The van der Waals surface area contributed by atoms with Crippen LogP contribution < -0.4 is 10.6 Å². The van der Waals surface area contributed by atoms with E-state index in [-0.39, 0.29) is 17.7 Å². The first-order valence-corrected chi connectivity index (χ1v) is 13.2. The summed E-state index contributed by atoms with van der Waals surface area (Å²) in [5, 5.41) is 6.85. The van der Waals surface area contributed by atoms with Crippen LogP contribution in [0.5, 0.6) is 0 Å². The Morgan fingerprint density at radius 1 is 1.10 bits per heavy atom. The van der Waals surface area contributed by atoms with Crippen LogP contribution in [0.15, 0.2) is 42.7 Å². The zero-order chi connectivity index (χ0) is 27.7. The fourth-order valence-corrected chi connectivity index (χ4v) is 5.60. The van der Waals surface area contributed by atoms with Crippen molar-refractivity contribution in [2.45, 2.75) is 39.3 Å². The number of carbonyl (C=O) groups is 1. The first-order chi connectivity index (χ1) is 18.7. The Morgan fingerprint density at radius 2 is 1.92 bits per heavy atom. The van der Waals surface area contributed by atoms with Crippen molar-refractivity contribution in [2.75, 3.05) is 32.0 Å². The van der Waals surface area contributed by atoms with Gasteiger partial charge in [0.15, 0.2) is 12.1 Å². The average Bonchev–Trinajstić information content (AvgIpc) is 3.43. The summed E-state index contributed by atoms with van der Waals surface area (Å²) in [5.41, 5.74) is 2.32. The number of benzene rings is 1. The Kier molecular flexibility index (Phi) is 7.67. The zero-order valence-electron chi connectivity index (χ0n) is 22.6. The molecule has 2 unspecified atom stereocenters. The number of carbonyl (C=O) groups excluding carboxylic acids is 1. The fourth-order valence-electron chi connectivity index (χ4n) is 5.60. The highest BCUT2D eigenvalue weighted by Crippen LogP contribution is 2.32. The number of likely N-dealkylation sites (N-methyl/N-ethyl adjacent to an activating group) is 1. The molecule has 0 radical (unpaired) electrons. The minimum absolute atomic E-state index is 0.0213. The molecule has 2 fully saturated rings. The van der Waals surface area contributed by atoms with Crippen LogP contribution in [0.2, 0.25) is 0 Å². The number of piperidine rings is 1. The Hall–Kier alpha value is -3.76. The lowest BCUT2D eigenvalue weighted by Gasteiger charge is -2.26. The lowest BCUT2D eigenvalue weighted by atomic mass is 10.0. The second-order valence-electron chi connectivity index (χ2n) is 10.7. The van der Waals surface area contributed by atoms with E-state index in [0.717, 1.165) is 23.9 Å². The van der Waals surface area contributed by atoms with Gasteiger partial charge in [0.1, 0.15) is 17.3 Å². The van der Waals surface area contributed by atoms with Crippen molar-refractivity contribution >= 4 is 29.0 Å². The Labute approximate surface area is 226 Å². The number of hydrogen-bond donors (Lipinski definition) is 2. The zero-order valence-corrected chi connectivity index (χ0v) is 22.6. The van der Waals surface area contributed by atoms with Gasteiger partial charge in [-0.3, -0.25) is 4.79 Å². The Balaban J connectivity index is 0.000000287. The van der Waals surface area contributed by atoms with Crippen molar-refractivity contribution in [3.8, 4) is 11.3 Å². The van der Waals surface area contributed by atoms with Crippen molar-refractivity contribution in [1.29, 1.82) is 0 Å². The normalized spacial score (nSPS) is 18.7. The molecule has 6 rings (SSSR count). The number of pyridine rings is 1. The van der Waals surface area contributed by atoms with Crippen LogP contribution in [0.3, 0.4) is 0 Å². The number of anilines is 2. The number of aldehydes is 1. The maximum atomic E-state index is 14.8. The van der Waals surface area contributed by atoms with E-state index in [0.29, 0.717) is 34.1 Å². The molecule has 10 heteroatoms. The van der Waals surface area contributed by atoms with Crippen LogP contribution in [-0.2, 0) is 0 Å². The van der Waals surface area contributed by atoms with Gasteiger partial charge in [0.05, 0.1) is 11.7 Å². The molecular formula is C29H33F2N7O. The fraction of sp³-hybridized carbons (Fsp3) is 0.379. The number of likely N-dealkylation sites (tertiary alicyclic amines) is 1. The quantitative estimate of drug-likeness (QED) is 0.344. The Bertz CT molecular complexity index is 1470. The van der Waals surface area contributed by atoms with Crippen LogP contribution in [0.4, 0.5) is 20.5 Å². The smallest absolute Gasteiger partial charge is 0.229 e. The van der Waals surface area contributed by atoms with Crippen molar-refractivity contribution in [3.05, 3.63) is 65.6 Å². The van der Waals surface area contributed by atoms with Crippen molar-refractivity contribution in [2.24, 2.45) is 5.92 Å². The van der Waals surface area contributed by atoms with Crippen molar-refractivity contribution < 1.29 is 13.6 Å². The SMILES string of the molecule is CN1CC2CNC(C2)C1.Cc1cc2c(F)cc(-c3nc(Nc4ccc(C=O)cn4)ncc3F)cc2n1C(C)C. The molecule has 3 aromatic heterocycles. The van der Waals surface area contributed by atoms with Gasteiger partial charge in [-0.15, -0.1) is 0 Å². The highest BCUT2D eigenvalue weighted by molar-refractivity contribution is 5.87. The van der Waals surface area contributed by atoms with Crippen LogP contribution in [0.25, 0.3) is 22.2 Å². The van der Waals surface area contributed by atoms with E-state index in [1.54, 1.807) is 24.3 Å². The van der Waals surface area contributed by atoms with Crippen LogP contribution in [-0.4, -0.2) is 63.4 Å². The summed E-state index contributed by atoms with van der Waals surface area (Å²) >= 11 is 0. The molecule has 4 aromatic rings. The molecule has 8 nitrogen and oxygen atoms in total. The van der Waals surface area contributed by atoms with Gasteiger partial charge in [-0.05, 0) is 77.0 Å². The summed E-state index contributed by atoms with van der Waals surface area (Å²) in [4.78, 5) is 25.4. The van der Waals surface area contributed by atoms with Gasteiger partial charge in [-0.1, -0.05) is 0 Å². The molecule has 0 spiro atoms. The third kappa shape index (κ3) is 5.81. The van der Waals surface area contributed by atoms with Crippen LogP contribution >= 0.6 is 0 Å². The second-order valence-corrected chi connectivity index (χ2v) is 10.7. The number of aromatic nitrogens is 4. The summed E-state index contributed by atoms with van der Waals surface area (Å²) in [7, 11) is 2.21. The second kappa shape index (κ2) is 11.2. The number of halogens is 2. The van der Waals surface area contributed by atoms with E-state index >= 15 is 0 Å². The van der Waals surface area contributed by atoms with Crippen molar-refractivity contribution in [3.63, 3.8) is 0 Å². The standard InChI is InChI=1S/C22H19F2N5O.C7H14N2/c1-12(2)29-13(3)6-16-17(23)7-15(8-19(16)29)21-18(24)10-26-22(28-21)27-20-5-4-14(11-30)9-25-20;1-9-4-6-2-7(5-9)8-3-6/h4-12H,1-3H3,(H,25,26,27,28);6-8H,2-5H2,1H3. The Morgan fingerprint density at radius 3 is 2.62 bits per heavy atom. The summed E-state index contributed by atoms with van der Waals surface area (Å²) in [6.07, 6.45) is 4.53. The van der Waals surface area contributed by atoms with E-state index in [2.05, 4.69) is 37.5 Å². The number of rotatable bonds is 5. The molecule has 0 saturated carbocycles. The first-order valence-electron chi connectivity index (χ1n) is 13.2. The molecule has 5 heterocycles. The summed E-state index contributed by atoms with van der Waals surface area (Å²) in [5.74, 6) is 0.345. The molecule has 2 aliphatic rings. The van der Waals surface area contributed by atoms with E-state index in [9.17, 15) is 13.6 Å². The third-order valence-corrected chi connectivity index (χ3v) is 7.21. The molecule has 0 aliphatic carbocycles. The van der Waals surface area contributed by atoms with Gasteiger partial charge in [-0.2, -0.15) is 0 Å². The highest BCUT2D eigenvalue weighted by Gasteiger charge is 2.30. The van der Waals surface area contributed by atoms with Gasteiger partial charge in [0.2, 0.25) is 5.95 Å². The van der Waals surface area contributed by atoms with E-state index in [1.807, 2.05) is 25.3 Å². The van der Waals surface area contributed by atoms with E-state index in [1.165, 1.54) is 38.3 Å². The lowest BCUT2D eigenvalue weighted by molar-refractivity contribution is 0.112. The van der Waals surface area contributed by atoms with E-state index in [4.69, 9.17) is 0 Å². The van der Waals surface area contributed by atoms with E-state index < -0.39 is 11.6 Å². The largest absolute Gasteiger partial charge is 0.342 e. The number of nitrogens with one attached hydrogen (secondary N) is 2. The molecule has 2 atom stereocenters. The van der Waals surface area contributed by atoms with Crippen LogP contribution in [0, 0.1) is 24.5 Å².